The second-order valence-electron chi connectivity index (χ2n) is 7.00. The van der Waals surface area contributed by atoms with Gasteiger partial charge in [0.05, 0.1) is 0 Å². The fourth-order valence-electron chi connectivity index (χ4n) is 3.51. The maximum absolute atomic E-state index is 11.6. The molecule has 19 heavy (non-hydrogen) atoms. The average Bonchev–Trinajstić information content (AvgIpc) is 2.83. The van der Waals surface area contributed by atoms with Crippen LogP contribution in [-0.4, -0.2) is 47.2 Å². The van der Waals surface area contributed by atoms with Gasteiger partial charge in [-0.1, -0.05) is 6.92 Å². The van der Waals surface area contributed by atoms with Gasteiger partial charge in [-0.15, -0.1) is 0 Å². The third kappa shape index (κ3) is 3.29. The predicted octanol–water partition coefficient (Wildman–Crippen LogP) is 1.95. The van der Waals surface area contributed by atoms with Gasteiger partial charge in [0.1, 0.15) is 5.54 Å². The Bertz CT molecular complexity index is 345. The number of nitrogens with one attached hydrogen (secondary N) is 1. The molecule has 0 bridgehead atoms. The summed E-state index contributed by atoms with van der Waals surface area (Å²) in [6.07, 6.45) is 3.81. The highest BCUT2D eigenvalue weighted by molar-refractivity contribution is 5.79. The molecule has 4 nitrogen and oxygen atoms in total. The van der Waals surface area contributed by atoms with Crippen molar-refractivity contribution in [3.63, 3.8) is 0 Å². The number of hydrogen-bond donors (Lipinski definition) is 2. The van der Waals surface area contributed by atoms with Crippen LogP contribution in [0.2, 0.25) is 0 Å². The normalized spacial score (nSPS) is 38.1. The van der Waals surface area contributed by atoms with Crippen molar-refractivity contribution < 1.29 is 9.90 Å². The molecule has 4 unspecified atom stereocenters. The van der Waals surface area contributed by atoms with Crippen LogP contribution in [0.25, 0.3) is 0 Å². The number of aliphatic carboxylic acids is 1. The largest absolute Gasteiger partial charge is 0.480 e. The zero-order chi connectivity index (χ0) is 14.2. The molecule has 2 aliphatic rings. The van der Waals surface area contributed by atoms with Gasteiger partial charge < -0.3 is 10.0 Å². The van der Waals surface area contributed by atoms with Crippen molar-refractivity contribution in [1.29, 1.82) is 0 Å². The van der Waals surface area contributed by atoms with Crippen LogP contribution in [0.5, 0.6) is 0 Å². The van der Waals surface area contributed by atoms with Crippen molar-refractivity contribution in [2.45, 2.75) is 64.1 Å². The van der Waals surface area contributed by atoms with E-state index < -0.39 is 11.5 Å². The number of nitrogens with zero attached hydrogens (tertiary/aromatic N) is 1. The molecule has 2 saturated carbocycles. The Morgan fingerprint density at radius 3 is 2.63 bits per heavy atom. The van der Waals surface area contributed by atoms with Crippen molar-refractivity contribution in [3.8, 4) is 0 Å². The summed E-state index contributed by atoms with van der Waals surface area (Å²) in [6, 6.07) is 0.624. The Labute approximate surface area is 116 Å². The zero-order valence-electron chi connectivity index (χ0n) is 12.6. The molecule has 0 heterocycles. The second-order valence-corrected chi connectivity index (χ2v) is 7.00. The number of carboxylic acid groups (broad SMARTS) is 1. The number of rotatable bonds is 6. The van der Waals surface area contributed by atoms with Gasteiger partial charge in [0.25, 0.3) is 0 Å². The molecule has 0 aromatic heterocycles. The van der Waals surface area contributed by atoms with Crippen molar-refractivity contribution in [3.05, 3.63) is 0 Å². The second kappa shape index (κ2) is 5.41. The molecular formula is C15H28N2O2. The van der Waals surface area contributed by atoms with E-state index in [1.54, 1.807) is 0 Å². The highest BCUT2D eigenvalue weighted by atomic mass is 16.4. The molecule has 2 rings (SSSR count). The third-order valence-corrected chi connectivity index (χ3v) is 4.88. The van der Waals surface area contributed by atoms with E-state index >= 15 is 0 Å². The lowest BCUT2D eigenvalue weighted by atomic mass is 9.96. The minimum Gasteiger partial charge on any atom is -0.480 e. The van der Waals surface area contributed by atoms with E-state index in [-0.39, 0.29) is 6.04 Å². The molecule has 2 aliphatic carbocycles. The zero-order valence-corrected chi connectivity index (χ0v) is 12.6. The summed E-state index contributed by atoms with van der Waals surface area (Å²) >= 11 is 0. The molecule has 0 saturated heterocycles. The van der Waals surface area contributed by atoms with Crippen LogP contribution in [0.4, 0.5) is 0 Å². The smallest absolute Gasteiger partial charge is 0.323 e. The lowest BCUT2D eigenvalue weighted by Crippen LogP contribution is -2.53. The Kier molecular flexibility index (Phi) is 4.21. The average molecular weight is 268 g/mol. The van der Waals surface area contributed by atoms with Gasteiger partial charge in [0.2, 0.25) is 0 Å². The molecule has 0 aromatic carbocycles. The fraction of sp³-hybridized carbons (Fsp3) is 0.933. The van der Waals surface area contributed by atoms with Gasteiger partial charge >= 0.3 is 5.97 Å². The Hall–Kier alpha value is -0.610. The van der Waals surface area contributed by atoms with Crippen molar-refractivity contribution in [1.82, 2.24) is 10.2 Å². The molecule has 4 atom stereocenters. The minimum atomic E-state index is -0.706. The van der Waals surface area contributed by atoms with Gasteiger partial charge in [0, 0.05) is 18.6 Å². The van der Waals surface area contributed by atoms with Crippen LogP contribution in [0.3, 0.4) is 0 Å². The SMILES string of the molecule is CC(C)NC1(C(=O)O)CCC(N(C)CC2CC2C)C1. The monoisotopic (exact) mass is 268 g/mol. The first-order chi connectivity index (χ1) is 8.84. The Morgan fingerprint density at radius 2 is 2.16 bits per heavy atom. The van der Waals surface area contributed by atoms with Gasteiger partial charge in [-0.25, -0.2) is 0 Å². The van der Waals surface area contributed by atoms with E-state index in [0.717, 1.165) is 37.6 Å². The van der Waals surface area contributed by atoms with Gasteiger partial charge in [-0.3, -0.25) is 10.1 Å². The topological polar surface area (TPSA) is 52.6 Å². The molecule has 0 amide bonds. The number of carbonyl (C=O) groups is 1. The number of carboxylic acids is 1. The van der Waals surface area contributed by atoms with Crippen molar-refractivity contribution >= 4 is 5.97 Å². The minimum absolute atomic E-state index is 0.212. The van der Waals surface area contributed by atoms with E-state index in [0.29, 0.717) is 6.04 Å². The van der Waals surface area contributed by atoms with Gasteiger partial charge in [0.15, 0.2) is 0 Å². The van der Waals surface area contributed by atoms with E-state index in [2.05, 4.69) is 24.2 Å². The summed E-state index contributed by atoms with van der Waals surface area (Å²) in [4.78, 5) is 14.0. The van der Waals surface area contributed by atoms with Crippen LogP contribution in [-0.2, 0) is 4.79 Å². The molecule has 2 N–H and O–H groups in total. The molecule has 0 aliphatic heterocycles. The molecule has 110 valence electrons. The van der Waals surface area contributed by atoms with E-state index in [9.17, 15) is 9.90 Å². The first kappa shape index (κ1) is 14.8. The van der Waals surface area contributed by atoms with E-state index in [1.165, 1.54) is 6.42 Å². The quantitative estimate of drug-likeness (QED) is 0.773. The van der Waals surface area contributed by atoms with Crippen molar-refractivity contribution in [2.24, 2.45) is 11.8 Å². The lowest BCUT2D eigenvalue weighted by molar-refractivity contribution is -0.145. The van der Waals surface area contributed by atoms with Crippen LogP contribution in [0.15, 0.2) is 0 Å². The summed E-state index contributed by atoms with van der Waals surface area (Å²) in [5, 5.41) is 12.9. The molecular weight excluding hydrogens is 240 g/mol. The maximum Gasteiger partial charge on any atom is 0.323 e. The standard InChI is InChI=1S/C15H28N2O2/c1-10(2)16-15(14(18)19)6-5-13(8-15)17(4)9-12-7-11(12)3/h10-13,16H,5-9H2,1-4H3,(H,18,19). The highest BCUT2D eigenvalue weighted by Crippen LogP contribution is 2.40. The Morgan fingerprint density at radius 1 is 1.53 bits per heavy atom. The first-order valence-electron chi connectivity index (χ1n) is 7.55. The summed E-state index contributed by atoms with van der Waals surface area (Å²) in [7, 11) is 2.16. The lowest BCUT2D eigenvalue weighted by Gasteiger charge is -2.30. The summed E-state index contributed by atoms with van der Waals surface area (Å²) in [5.41, 5.74) is -0.706. The van der Waals surface area contributed by atoms with Crippen LogP contribution in [0, 0.1) is 11.8 Å². The van der Waals surface area contributed by atoms with Crippen molar-refractivity contribution in [2.75, 3.05) is 13.6 Å². The maximum atomic E-state index is 11.6. The third-order valence-electron chi connectivity index (χ3n) is 4.88. The molecule has 0 radical (unpaired) electrons. The predicted molar refractivity (Wildman–Crippen MR) is 76.2 cm³/mol. The highest BCUT2D eigenvalue weighted by Gasteiger charge is 2.47. The van der Waals surface area contributed by atoms with E-state index in [4.69, 9.17) is 0 Å². The molecule has 0 aromatic rings. The van der Waals surface area contributed by atoms with Gasteiger partial charge in [-0.2, -0.15) is 0 Å². The molecule has 0 spiro atoms. The fourth-order valence-corrected chi connectivity index (χ4v) is 3.51. The summed E-state index contributed by atoms with van der Waals surface area (Å²) < 4.78 is 0. The van der Waals surface area contributed by atoms with Gasteiger partial charge in [-0.05, 0) is 58.4 Å². The summed E-state index contributed by atoms with van der Waals surface area (Å²) in [6.45, 7) is 7.47. The molecule has 4 heteroatoms. The first-order valence-corrected chi connectivity index (χ1v) is 7.55. The molecule has 2 fully saturated rings. The van der Waals surface area contributed by atoms with Crippen LogP contribution in [0.1, 0.15) is 46.5 Å². The van der Waals surface area contributed by atoms with Crippen LogP contribution >= 0.6 is 0 Å². The van der Waals surface area contributed by atoms with E-state index in [1.807, 2.05) is 13.8 Å². The van der Waals surface area contributed by atoms with Crippen LogP contribution < -0.4 is 5.32 Å². The summed E-state index contributed by atoms with van der Waals surface area (Å²) in [5.74, 6) is 1.02. The number of hydrogen-bond acceptors (Lipinski definition) is 3. The Balaban J connectivity index is 1.93.